The summed E-state index contributed by atoms with van der Waals surface area (Å²) >= 11 is 0. The number of aromatic hydroxyl groups is 1. The van der Waals surface area contributed by atoms with Gasteiger partial charge in [-0.15, -0.1) is 0 Å². The van der Waals surface area contributed by atoms with Crippen LogP contribution in [-0.4, -0.2) is 27.9 Å². The summed E-state index contributed by atoms with van der Waals surface area (Å²) in [5.74, 6) is 0.101. The lowest BCUT2D eigenvalue weighted by atomic mass is 9.96. The lowest BCUT2D eigenvalue weighted by Gasteiger charge is -2.07. The molecule has 134 valence electrons. The first-order valence-electron chi connectivity index (χ1n) is 8.17. The van der Waals surface area contributed by atoms with E-state index in [0.29, 0.717) is 22.7 Å². The highest BCUT2D eigenvalue weighted by Crippen LogP contribution is 2.43. The first kappa shape index (κ1) is 16.6. The Kier molecular flexibility index (Phi) is 3.97. The zero-order valence-corrected chi connectivity index (χ0v) is 14.3. The maximum absolute atomic E-state index is 12.2. The lowest BCUT2D eigenvalue weighted by molar-refractivity contribution is 0.416. The molecule has 0 amide bonds. The summed E-state index contributed by atoms with van der Waals surface area (Å²) in [7, 11) is 1.56. The smallest absolute Gasteiger partial charge is 0.328 e. The quantitative estimate of drug-likeness (QED) is 0.666. The summed E-state index contributed by atoms with van der Waals surface area (Å²) in [6.07, 6.45) is 1.52. The fraction of sp³-hybridized carbons (Fsp3) is 0.0500. The normalized spacial score (nSPS) is 14.1. The second-order valence-electron chi connectivity index (χ2n) is 5.91. The predicted molar refractivity (Wildman–Crippen MR) is 103 cm³/mol. The average Bonchev–Trinajstić information content (AvgIpc) is 3.04. The van der Waals surface area contributed by atoms with E-state index in [2.05, 4.69) is 9.97 Å². The van der Waals surface area contributed by atoms with Gasteiger partial charge in [-0.1, -0.05) is 42.5 Å². The molecule has 2 aromatic carbocycles. The van der Waals surface area contributed by atoms with E-state index in [-0.39, 0.29) is 5.56 Å². The number of fused-ring (bicyclic) bond motifs is 1. The third-order valence-electron chi connectivity index (χ3n) is 4.28. The second kappa shape index (κ2) is 6.45. The number of nitrogens with zero attached hydrogens (tertiary/aromatic N) is 1. The van der Waals surface area contributed by atoms with E-state index in [1.807, 2.05) is 42.5 Å². The molecule has 3 N–H and O–H groups in total. The summed E-state index contributed by atoms with van der Waals surface area (Å²) in [6.45, 7) is 0. The molecular weight excluding hydrogens is 346 g/mol. The third-order valence-corrected chi connectivity index (χ3v) is 4.28. The van der Waals surface area contributed by atoms with Crippen LogP contribution in [0.2, 0.25) is 0 Å². The van der Waals surface area contributed by atoms with E-state index in [1.54, 1.807) is 13.2 Å². The highest BCUT2D eigenvalue weighted by atomic mass is 16.5. The largest absolute Gasteiger partial charge is 0.494 e. The molecule has 0 fully saturated rings. The maximum atomic E-state index is 12.2. The molecule has 0 saturated heterocycles. The van der Waals surface area contributed by atoms with Crippen molar-refractivity contribution in [2.75, 3.05) is 7.11 Å². The van der Waals surface area contributed by atoms with Gasteiger partial charge in [-0.25, -0.2) is 9.79 Å². The number of para-hydroxylation sites is 1. The van der Waals surface area contributed by atoms with Crippen LogP contribution in [0.5, 0.6) is 11.6 Å². The molecule has 1 aliphatic rings. The van der Waals surface area contributed by atoms with E-state index in [9.17, 15) is 14.7 Å². The van der Waals surface area contributed by atoms with Gasteiger partial charge >= 0.3 is 5.69 Å². The molecular formula is C20H15N3O4. The summed E-state index contributed by atoms with van der Waals surface area (Å²) in [5.41, 5.74) is 2.02. The topological polar surface area (TPSA) is 108 Å². The van der Waals surface area contributed by atoms with Crippen LogP contribution in [-0.2, 0) is 0 Å². The molecule has 0 atom stereocenters. The van der Waals surface area contributed by atoms with Crippen LogP contribution in [0.15, 0.2) is 63.1 Å². The van der Waals surface area contributed by atoms with Crippen molar-refractivity contribution in [2.45, 2.75) is 0 Å². The summed E-state index contributed by atoms with van der Waals surface area (Å²) in [4.78, 5) is 32.5. The highest BCUT2D eigenvalue weighted by Gasteiger charge is 2.25. The van der Waals surface area contributed by atoms with Crippen molar-refractivity contribution in [3.63, 3.8) is 0 Å². The predicted octanol–water partition coefficient (Wildman–Crippen LogP) is 2.45. The zero-order valence-electron chi connectivity index (χ0n) is 14.3. The Morgan fingerprint density at radius 2 is 1.81 bits per heavy atom. The van der Waals surface area contributed by atoms with Crippen molar-refractivity contribution in [1.29, 1.82) is 0 Å². The number of hydrogen-bond donors (Lipinski definition) is 3. The van der Waals surface area contributed by atoms with Crippen LogP contribution in [0.1, 0.15) is 16.7 Å². The SMILES string of the molecule is COc1cccc2c1N=C(c1ccccc1)C2=Cc1c(O)[nH]c(=O)[nH]c1=O. The Morgan fingerprint density at radius 3 is 2.52 bits per heavy atom. The molecule has 0 aliphatic carbocycles. The minimum atomic E-state index is -0.773. The molecule has 0 spiro atoms. The third kappa shape index (κ3) is 2.85. The number of aromatic nitrogens is 2. The van der Waals surface area contributed by atoms with Crippen LogP contribution in [0.4, 0.5) is 5.69 Å². The summed E-state index contributed by atoms with van der Waals surface area (Å²) in [5, 5.41) is 10.1. The molecule has 27 heavy (non-hydrogen) atoms. The molecule has 2 heterocycles. The standard InChI is InChI=1S/C20H15N3O4/c1-27-15-9-5-8-12-13(10-14-18(24)22-20(26)23-19(14)25)16(21-17(12)15)11-6-3-2-4-7-11/h2-10H,1H3,(H3,22,23,24,25,26). The molecule has 1 aromatic heterocycles. The van der Waals surface area contributed by atoms with Crippen molar-refractivity contribution in [3.05, 3.63) is 86.1 Å². The van der Waals surface area contributed by atoms with Gasteiger partial charge in [0, 0.05) is 16.7 Å². The molecule has 4 rings (SSSR count). The van der Waals surface area contributed by atoms with Crippen molar-refractivity contribution in [1.82, 2.24) is 9.97 Å². The van der Waals surface area contributed by atoms with Gasteiger partial charge in [0.25, 0.3) is 5.56 Å². The average molecular weight is 361 g/mol. The van der Waals surface area contributed by atoms with Gasteiger partial charge in [0.1, 0.15) is 17.0 Å². The number of rotatable bonds is 3. The minimum Gasteiger partial charge on any atom is -0.494 e. The van der Waals surface area contributed by atoms with Crippen molar-refractivity contribution < 1.29 is 9.84 Å². The zero-order chi connectivity index (χ0) is 19.0. The number of aromatic amines is 2. The number of methoxy groups -OCH3 is 1. The van der Waals surface area contributed by atoms with Gasteiger partial charge in [-0.2, -0.15) is 0 Å². The number of H-pyrrole nitrogens is 2. The Bertz CT molecular complexity index is 1200. The molecule has 0 saturated carbocycles. The molecule has 7 nitrogen and oxygen atoms in total. The molecule has 3 aromatic rings. The Labute approximate surface area is 153 Å². The van der Waals surface area contributed by atoms with Gasteiger partial charge < -0.3 is 9.84 Å². The van der Waals surface area contributed by atoms with E-state index in [0.717, 1.165) is 11.1 Å². The highest BCUT2D eigenvalue weighted by molar-refractivity contribution is 6.39. The van der Waals surface area contributed by atoms with Gasteiger partial charge in [0.05, 0.1) is 12.8 Å². The summed E-state index contributed by atoms with van der Waals surface area (Å²) < 4.78 is 5.40. The fourth-order valence-corrected chi connectivity index (χ4v) is 3.04. The molecule has 0 unspecified atom stereocenters. The van der Waals surface area contributed by atoms with Crippen LogP contribution >= 0.6 is 0 Å². The maximum Gasteiger partial charge on any atom is 0.328 e. The number of ether oxygens (including phenoxy) is 1. The van der Waals surface area contributed by atoms with Crippen LogP contribution in [0.3, 0.4) is 0 Å². The second-order valence-corrected chi connectivity index (χ2v) is 5.91. The van der Waals surface area contributed by atoms with Gasteiger partial charge in [-0.05, 0) is 12.1 Å². The molecule has 1 aliphatic heterocycles. The molecule has 0 bridgehead atoms. The van der Waals surface area contributed by atoms with Crippen molar-refractivity contribution in [2.24, 2.45) is 4.99 Å². The minimum absolute atomic E-state index is 0.0519. The van der Waals surface area contributed by atoms with E-state index >= 15 is 0 Å². The number of nitrogens with one attached hydrogen (secondary N) is 2. The monoisotopic (exact) mass is 361 g/mol. The summed E-state index contributed by atoms with van der Waals surface area (Å²) in [6, 6.07) is 15.0. The van der Waals surface area contributed by atoms with Crippen LogP contribution in [0.25, 0.3) is 11.6 Å². The van der Waals surface area contributed by atoms with E-state index in [1.165, 1.54) is 6.08 Å². The van der Waals surface area contributed by atoms with Gasteiger partial charge in [0.15, 0.2) is 0 Å². The van der Waals surface area contributed by atoms with Gasteiger partial charge in [-0.3, -0.25) is 14.8 Å². The van der Waals surface area contributed by atoms with Crippen LogP contribution < -0.4 is 16.0 Å². The first-order valence-corrected chi connectivity index (χ1v) is 8.17. The lowest BCUT2D eigenvalue weighted by Crippen LogP contribution is -2.23. The Morgan fingerprint density at radius 1 is 1.04 bits per heavy atom. The van der Waals surface area contributed by atoms with E-state index < -0.39 is 17.1 Å². The fourth-order valence-electron chi connectivity index (χ4n) is 3.04. The number of hydrogen-bond acceptors (Lipinski definition) is 5. The number of benzene rings is 2. The van der Waals surface area contributed by atoms with Gasteiger partial charge in [0.2, 0.25) is 5.88 Å². The number of aliphatic imine (C=N–C) groups is 1. The molecule has 7 heteroatoms. The van der Waals surface area contributed by atoms with Crippen molar-refractivity contribution in [3.8, 4) is 11.6 Å². The number of allylic oxidation sites excluding steroid dienone is 1. The Balaban J connectivity index is 1.99. The van der Waals surface area contributed by atoms with Crippen molar-refractivity contribution >= 4 is 23.0 Å². The first-order chi connectivity index (χ1) is 13.1. The van der Waals surface area contributed by atoms with E-state index in [4.69, 9.17) is 9.73 Å². The molecule has 0 radical (unpaired) electrons. The Hall–Kier alpha value is -3.87. The van der Waals surface area contributed by atoms with Crippen LogP contribution in [0, 0.1) is 0 Å².